The third-order valence-corrected chi connectivity index (χ3v) is 5.54. The molecule has 0 aliphatic heterocycles. The average Bonchev–Trinajstić information content (AvgIpc) is 2.79. The minimum absolute atomic E-state index is 0.0673. The summed E-state index contributed by atoms with van der Waals surface area (Å²) in [7, 11) is 0. The topological polar surface area (TPSA) is 57.6 Å². The molecular weight excluding hydrogens is 386 g/mol. The van der Waals surface area contributed by atoms with E-state index in [4.69, 9.17) is 0 Å². The summed E-state index contributed by atoms with van der Waals surface area (Å²) in [5.41, 5.74) is 4.47. The van der Waals surface area contributed by atoms with E-state index in [-0.39, 0.29) is 22.9 Å². The van der Waals surface area contributed by atoms with Crippen LogP contribution < -0.4 is 4.90 Å². The van der Waals surface area contributed by atoms with Crippen LogP contribution in [0.2, 0.25) is 0 Å². The van der Waals surface area contributed by atoms with Crippen molar-refractivity contribution in [1.82, 2.24) is 0 Å². The number of benzene rings is 4. The van der Waals surface area contributed by atoms with Crippen LogP contribution in [0.5, 0.6) is 5.75 Å². The number of carbonyl (C=O) groups is 2. The fourth-order valence-corrected chi connectivity index (χ4v) is 4.06. The molecule has 150 valence electrons. The van der Waals surface area contributed by atoms with E-state index in [9.17, 15) is 14.7 Å². The molecule has 0 radical (unpaired) electrons. The first-order valence-corrected chi connectivity index (χ1v) is 10.0. The maximum Gasteiger partial charge on any atom is 0.196 e. The van der Waals surface area contributed by atoms with E-state index in [0.717, 1.165) is 16.9 Å². The Kier molecular flexibility index (Phi) is 4.41. The number of aryl methyl sites for hydroxylation is 1. The number of nitrogens with zero attached hydrogens (tertiary/aromatic N) is 1. The SMILES string of the molecule is Cc1ccc(N(c2ccccc2)c2cc(O)cc3c2C(=O)c2ccccc2C3=O)cc1. The molecule has 4 heteroatoms. The van der Waals surface area contributed by atoms with E-state index < -0.39 is 0 Å². The van der Waals surface area contributed by atoms with Crippen LogP contribution in [0.1, 0.15) is 37.4 Å². The molecule has 0 unspecified atom stereocenters. The van der Waals surface area contributed by atoms with Crippen LogP contribution in [-0.4, -0.2) is 16.7 Å². The number of phenolic OH excluding ortho intramolecular Hbond substituents is 1. The van der Waals surface area contributed by atoms with E-state index in [0.29, 0.717) is 22.4 Å². The van der Waals surface area contributed by atoms with Gasteiger partial charge in [-0.05, 0) is 37.3 Å². The predicted octanol–water partition coefficient (Wildman–Crippen LogP) is 5.95. The van der Waals surface area contributed by atoms with Crippen LogP contribution in [0.25, 0.3) is 0 Å². The van der Waals surface area contributed by atoms with Gasteiger partial charge in [0.2, 0.25) is 0 Å². The number of hydrogen-bond acceptors (Lipinski definition) is 4. The first-order valence-electron chi connectivity index (χ1n) is 10.0. The Morgan fingerprint density at radius 1 is 0.645 bits per heavy atom. The third kappa shape index (κ3) is 3.09. The lowest BCUT2D eigenvalue weighted by Gasteiger charge is -2.30. The molecule has 0 heterocycles. The lowest BCUT2D eigenvalue weighted by Crippen LogP contribution is -2.24. The first kappa shape index (κ1) is 18.8. The number of anilines is 3. The summed E-state index contributed by atoms with van der Waals surface area (Å²) in [4.78, 5) is 28.7. The molecule has 0 saturated heterocycles. The molecular formula is C27H19NO3. The quantitative estimate of drug-likeness (QED) is 0.403. The third-order valence-electron chi connectivity index (χ3n) is 5.54. The molecule has 5 rings (SSSR count). The van der Waals surface area contributed by atoms with E-state index >= 15 is 0 Å². The van der Waals surface area contributed by atoms with Gasteiger partial charge in [0, 0.05) is 34.1 Å². The van der Waals surface area contributed by atoms with Gasteiger partial charge in [-0.15, -0.1) is 0 Å². The van der Waals surface area contributed by atoms with Crippen molar-refractivity contribution in [2.24, 2.45) is 0 Å². The standard InChI is InChI=1S/C27H19NO3/c1-17-11-13-19(14-12-17)28(18-7-3-2-4-8-18)24-16-20(29)15-23-25(24)27(31)22-10-6-5-9-21(22)26(23)30/h2-16,29H,1H3. The van der Waals surface area contributed by atoms with Crippen molar-refractivity contribution >= 4 is 28.6 Å². The highest BCUT2D eigenvalue weighted by Gasteiger charge is 2.34. The summed E-state index contributed by atoms with van der Waals surface area (Å²) in [6.45, 7) is 2.01. The second-order valence-corrected chi connectivity index (χ2v) is 7.60. The highest BCUT2D eigenvalue weighted by atomic mass is 16.3. The van der Waals surface area contributed by atoms with Gasteiger partial charge in [0.1, 0.15) is 5.75 Å². The minimum Gasteiger partial charge on any atom is -0.508 e. The van der Waals surface area contributed by atoms with E-state index in [2.05, 4.69) is 0 Å². The second-order valence-electron chi connectivity index (χ2n) is 7.60. The number of rotatable bonds is 3. The van der Waals surface area contributed by atoms with Crippen molar-refractivity contribution in [2.45, 2.75) is 6.92 Å². The van der Waals surface area contributed by atoms with Crippen molar-refractivity contribution in [2.75, 3.05) is 4.90 Å². The number of fused-ring (bicyclic) bond motifs is 2. The van der Waals surface area contributed by atoms with Crippen molar-refractivity contribution in [3.63, 3.8) is 0 Å². The van der Waals surface area contributed by atoms with Crippen LogP contribution >= 0.6 is 0 Å². The Hall–Kier alpha value is -4.18. The summed E-state index contributed by atoms with van der Waals surface area (Å²) in [5.74, 6) is -0.560. The number of phenols is 1. The Balaban J connectivity index is 1.81. The minimum atomic E-state index is -0.265. The molecule has 0 amide bonds. The zero-order chi connectivity index (χ0) is 21.5. The Bertz CT molecular complexity index is 1320. The molecule has 0 bridgehead atoms. The van der Waals surface area contributed by atoms with Crippen LogP contribution in [-0.2, 0) is 0 Å². The maximum atomic E-state index is 13.5. The lowest BCUT2D eigenvalue weighted by atomic mass is 9.82. The van der Waals surface area contributed by atoms with Crippen molar-refractivity contribution in [1.29, 1.82) is 0 Å². The zero-order valence-electron chi connectivity index (χ0n) is 16.9. The van der Waals surface area contributed by atoms with Gasteiger partial charge in [-0.2, -0.15) is 0 Å². The van der Waals surface area contributed by atoms with E-state index in [1.807, 2.05) is 66.4 Å². The molecule has 0 atom stereocenters. The fourth-order valence-electron chi connectivity index (χ4n) is 4.06. The zero-order valence-corrected chi connectivity index (χ0v) is 16.9. The smallest absolute Gasteiger partial charge is 0.196 e. The molecule has 1 N–H and O–H groups in total. The molecule has 1 aliphatic carbocycles. The summed E-state index contributed by atoms with van der Waals surface area (Å²) >= 11 is 0. The molecule has 4 aromatic carbocycles. The first-order chi connectivity index (χ1) is 15.0. The van der Waals surface area contributed by atoms with Gasteiger partial charge in [0.25, 0.3) is 0 Å². The fraction of sp³-hybridized carbons (Fsp3) is 0.0370. The predicted molar refractivity (Wildman–Crippen MR) is 121 cm³/mol. The van der Waals surface area contributed by atoms with Gasteiger partial charge in [-0.25, -0.2) is 0 Å². The second kappa shape index (κ2) is 7.26. The Labute approximate surface area is 180 Å². The van der Waals surface area contributed by atoms with Crippen LogP contribution in [0.15, 0.2) is 91.0 Å². The number of carbonyl (C=O) groups excluding carboxylic acids is 2. The number of hydrogen-bond donors (Lipinski definition) is 1. The summed E-state index contributed by atoms with van der Waals surface area (Å²) in [5, 5.41) is 10.5. The normalized spacial score (nSPS) is 12.3. The maximum absolute atomic E-state index is 13.5. The largest absolute Gasteiger partial charge is 0.508 e. The monoisotopic (exact) mass is 405 g/mol. The molecule has 4 nitrogen and oxygen atoms in total. The summed E-state index contributed by atoms with van der Waals surface area (Å²) in [6, 6.07) is 27.2. The number of para-hydroxylation sites is 1. The molecule has 1 aliphatic rings. The van der Waals surface area contributed by atoms with Gasteiger partial charge in [-0.1, -0.05) is 60.2 Å². The highest BCUT2D eigenvalue weighted by molar-refractivity contribution is 6.30. The number of ketones is 2. The molecule has 4 aromatic rings. The molecule has 0 fully saturated rings. The molecule has 0 spiro atoms. The Morgan fingerprint density at radius 3 is 1.90 bits per heavy atom. The molecule has 0 saturated carbocycles. The van der Waals surface area contributed by atoms with Gasteiger partial charge < -0.3 is 10.0 Å². The van der Waals surface area contributed by atoms with E-state index in [1.54, 1.807) is 30.3 Å². The lowest BCUT2D eigenvalue weighted by molar-refractivity contribution is 0.0979. The highest BCUT2D eigenvalue weighted by Crippen LogP contribution is 2.43. The van der Waals surface area contributed by atoms with Gasteiger partial charge in [-0.3, -0.25) is 9.59 Å². The van der Waals surface area contributed by atoms with Crippen LogP contribution in [0, 0.1) is 6.92 Å². The van der Waals surface area contributed by atoms with Gasteiger partial charge in [0.05, 0.1) is 11.3 Å². The van der Waals surface area contributed by atoms with Crippen LogP contribution in [0.3, 0.4) is 0 Å². The van der Waals surface area contributed by atoms with Crippen molar-refractivity contribution < 1.29 is 14.7 Å². The Morgan fingerprint density at radius 2 is 1.23 bits per heavy atom. The number of aromatic hydroxyl groups is 1. The van der Waals surface area contributed by atoms with Gasteiger partial charge >= 0.3 is 0 Å². The average molecular weight is 405 g/mol. The molecule has 31 heavy (non-hydrogen) atoms. The van der Waals surface area contributed by atoms with E-state index in [1.165, 1.54) is 6.07 Å². The van der Waals surface area contributed by atoms with Crippen molar-refractivity contribution in [3.8, 4) is 5.75 Å². The summed E-state index contributed by atoms with van der Waals surface area (Å²) in [6.07, 6.45) is 0. The summed E-state index contributed by atoms with van der Waals surface area (Å²) < 4.78 is 0. The van der Waals surface area contributed by atoms with Crippen molar-refractivity contribution in [3.05, 3.63) is 119 Å². The molecule has 0 aromatic heterocycles. The van der Waals surface area contributed by atoms with Gasteiger partial charge in [0.15, 0.2) is 11.6 Å². The van der Waals surface area contributed by atoms with Crippen LogP contribution in [0.4, 0.5) is 17.1 Å².